The second kappa shape index (κ2) is 6.60. The van der Waals surface area contributed by atoms with Gasteiger partial charge in [0.25, 0.3) is 5.91 Å². The van der Waals surface area contributed by atoms with Gasteiger partial charge in [-0.25, -0.2) is 0 Å². The topological polar surface area (TPSA) is 29.1 Å². The summed E-state index contributed by atoms with van der Waals surface area (Å²) in [5, 5.41) is 3.72. The van der Waals surface area contributed by atoms with Crippen molar-refractivity contribution in [1.29, 1.82) is 0 Å². The van der Waals surface area contributed by atoms with E-state index in [2.05, 4.69) is 5.32 Å². The summed E-state index contributed by atoms with van der Waals surface area (Å²) in [5.74, 6) is -0.210. The molecule has 0 bridgehead atoms. The fraction of sp³-hybridized carbons (Fsp3) is 0.0625. The number of anilines is 1. The first kappa shape index (κ1) is 14.6. The molecule has 0 aliphatic heterocycles. The molecule has 0 saturated heterocycles. The number of hydrogen-bond donors (Lipinski definition) is 1. The molecule has 0 fully saturated rings. The molecule has 2 aromatic carbocycles. The Morgan fingerprint density at radius 3 is 2.50 bits per heavy atom. The predicted octanol–water partition coefficient (Wildman–Crippen LogP) is 5.04. The van der Waals surface area contributed by atoms with E-state index in [1.807, 2.05) is 36.4 Å². The summed E-state index contributed by atoms with van der Waals surface area (Å²) in [6.45, 7) is 1.75. The van der Waals surface area contributed by atoms with Crippen LogP contribution in [0.2, 0.25) is 10.0 Å². The highest BCUT2D eigenvalue weighted by atomic mass is 35.5. The van der Waals surface area contributed by atoms with Crippen molar-refractivity contribution >= 4 is 40.9 Å². The van der Waals surface area contributed by atoms with Gasteiger partial charge in [0.15, 0.2) is 0 Å². The van der Waals surface area contributed by atoms with Gasteiger partial charge in [-0.3, -0.25) is 4.79 Å². The quantitative estimate of drug-likeness (QED) is 0.791. The molecular formula is C16H13Cl2NO. The number of halogens is 2. The van der Waals surface area contributed by atoms with Crippen LogP contribution in [0.4, 0.5) is 5.69 Å². The molecule has 0 aliphatic carbocycles. The summed E-state index contributed by atoms with van der Waals surface area (Å²) in [6.07, 6.45) is 1.81. The van der Waals surface area contributed by atoms with Crippen molar-refractivity contribution in [3.05, 3.63) is 69.7 Å². The molecule has 1 amide bonds. The van der Waals surface area contributed by atoms with E-state index in [4.69, 9.17) is 23.2 Å². The molecule has 0 heterocycles. The highest BCUT2D eigenvalue weighted by molar-refractivity contribution is 6.35. The highest BCUT2D eigenvalue weighted by Crippen LogP contribution is 2.25. The van der Waals surface area contributed by atoms with Crippen molar-refractivity contribution in [2.75, 3.05) is 5.32 Å². The molecule has 0 unspecified atom stereocenters. The van der Waals surface area contributed by atoms with E-state index in [0.29, 0.717) is 21.3 Å². The van der Waals surface area contributed by atoms with Gasteiger partial charge in [0.05, 0.1) is 10.7 Å². The number of nitrogens with one attached hydrogen (secondary N) is 1. The summed E-state index contributed by atoms with van der Waals surface area (Å²) in [6, 6.07) is 14.6. The molecule has 2 rings (SSSR count). The van der Waals surface area contributed by atoms with Crippen LogP contribution in [0.15, 0.2) is 54.1 Å². The van der Waals surface area contributed by atoms with Gasteiger partial charge >= 0.3 is 0 Å². The maximum atomic E-state index is 12.1. The van der Waals surface area contributed by atoms with E-state index < -0.39 is 0 Å². The lowest BCUT2D eigenvalue weighted by Gasteiger charge is -2.08. The molecule has 0 aliphatic rings. The first-order valence-corrected chi connectivity index (χ1v) is 6.81. The molecule has 20 heavy (non-hydrogen) atoms. The number of rotatable bonds is 3. The van der Waals surface area contributed by atoms with Crippen molar-refractivity contribution in [2.45, 2.75) is 6.92 Å². The Kier molecular flexibility index (Phi) is 4.83. The summed E-state index contributed by atoms with van der Waals surface area (Å²) in [7, 11) is 0. The van der Waals surface area contributed by atoms with Crippen LogP contribution < -0.4 is 5.32 Å². The average molecular weight is 306 g/mol. The molecule has 2 nitrogen and oxygen atoms in total. The van der Waals surface area contributed by atoms with Gasteiger partial charge < -0.3 is 5.32 Å². The van der Waals surface area contributed by atoms with Gasteiger partial charge in [0, 0.05) is 10.6 Å². The molecule has 0 atom stereocenters. The zero-order valence-corrected chi connectivity index (χ0v) is 12.4. The smallest absolute Gasteiger partial charge is 0.251 e. The van der Waals surface area contributed by atoms with E-state index in [-0.39, 0.29) is 5.91 Å². The fourth-order valence-corrected chi connectivity index (χ4v) is 2.02. The van der Waals surface area contributed by atoms with Crippen LogP contribution >= 0.6 is 23.2 Å². The van der Waals surface area contributed by atoms with E-state index >= 15 is 0 Å². The van der Waals surface area contributed by atoms with Gasteiger partial charge in [0.1, 0.15) is 0 Å². The summed E-state index contributed by atoms with van der Waals surface area (Å²) >= 11 is 11.9. The molecule has 2 aromatic rings. The van der Waals surface area contributed by atoms with Crippen LogP contribution in [0.3, 0.4) is 0 Å². The Morgan fingerprint density at radius 1 is 1.10 bits per heavy atom. The van der Waals surface area contributed by atoms with Crippen LogP contribution in [-0.2, 0) is 4.79 Å². The lowest BCUT2D eigenvalue weighted by molar-refractivity contribution is -0.112. The standard InChI is InChI=1S/C16H13Cl2NO/c1-11(9-12-5-3-2-4-6-12)16(20)19-15-10-13(17)7-8-14(15)18/h2-10H,1H3,(H,19,20). The maximum absolute atomic E-state index is 12.1. The van der Waals surface area contributed by atoms with Crippen molar-refractivity contribution < 1.29 is 4.79 Å². The van der Waals surface area contributed by atoms with Crippen molar-refractivity contribution in [3.8, 4) is 0 Å². The monoisotopic (exact) mass is 305 g/mol. The minimum atomic E-state index is -0.210. The van der Waals surface area contributed by atoms with Crippen LogP contribution in [0.1, 0.15) is 12.5 Å². The molecule has 0 spiro atoms. The number of carbonyl (C=O) groups excluding carboxylic acids is 1. The zero-order chi connectivity index (χ0) is 14.5. The molecule has 0 saturated carbocycles. The first-order chi connectivity index (χ1) is 9.56. The highest BCUT2D eigenvalue weighted by Gasteiger charge is 2.08. The Balaban J connectivity index is 2.16. The third kappa shape index (κ3) is 3.86. The van der Waals surface area contributed by atoms with Gasteiger partial charge in [-0.05, 0) is 36.8 Å². The second-order valence-corrected chi connectivity index (χ2v) is 5.16. The zero-order valence-electron chi connectivity index (χ0n) is 10.9. The van der Waals surface area contributed by atoms with Crippen LogP contribution in [0, 0.1) is 0 Å². The molecule has 4 heteroatoms. The molecule has 0 aromatic heterocycles. The predicted molar refractivity (Wildman–Crippen MR) is 85.2 cm³/mol. The Labute approximate surface area is 128 Å². The van der Waals surface area contributed by atoms with Crippen LogP contribution in [0.5, 0.6) is 0 Å². The average Bonchev–Trinajstić information content (AvgIpc) is 2.44. The maximum Gasteiger partial charge on any atom is 0.251 e. The SMILES string of the molecule is CC(=Cc1ccccc1)C(=O)Nc1cc(Cl)ccc1Cl. The van der Waals surface area contributed by atoms with E-state index in [1.165, 1.54) is 0 Å². The minimum Gasteiger partial charge on any atom is -0.321 e. The lowest BCUT2D eigenvalue weighted by atomic mass is 10.1. The van der Waals surface area contributed by atoms with Crippen LogP contribution in [-0.4, -0.2) is 5.91 Å². The Morgan fingerprint density at radius 2 is 1.80 bits per heavy atom. The normalized spacial score (nSPS) is 11.2. The van der Waals surface area contributed by atoms with E-state index in [0.717, 1.165) is 5.56 Å². The van der Waals surface area contributed by atoms with Crippen molar-refractivity contribution in [1.82, 2.24) is 0 Å². The summed E-state index contributed by atoms with van der Waals surface area (Å²) < 4.78 is 0. The Hall–Kier alpha value is -1.77. The molecule has 0 radical (unpaired) electrons. The van der Waals surface area contributed by atoms with Gasteiger partial charge in [0.2, 0.25) is 0 Å². The number of hydrogen-bond acceptors (Lipinski definition) is 1. The van der Waals surface area contributed by atoms with Crippen molar-refractivity contribution in [2.24, 2.45) is 0 Å². The second-order valence-electron chi connectivity index (χ2n) is 4.32. The largest absolute Gasteiger partial charge is 0.321 e. The summed E-state index contributed by atoms with van der Waals surface area (Å²) in [4.78, 5) is 12.1. The van der Waals surface area contributed by atoms with Gasteiger partial charge in [-0.1, -0.05) is 53.5 Å². The molecule has 102 valence electrons. The van der Waals surface area contributed by atoms with E-state index in [9.17, 15) is 4.79 Å². The minimum absolute atomic E-state index is 0.210. The molecule has 1 N–H and O–H groups in total. The van der Waals surface area contributed by atoms with Gasteiger partial charge in [-0.2, -0.15) is 0 Å². The van der Waals surface area contributed by atoms with Gasteiger partial charge in [-0.15, -0.1) is 0 Å². The number of carbonyl (C=O) groups is 1. The third-order valence-electron chi connectivity index (χ3n) is 2.72. The lowest BCUT2D eigenvalue weighted by Crippen LogP contribution is -2.12. The number of benzene rings is 2. The van der Waals surface area contributed by atoms with Crippen LogP contribution in [0.25, 0.3) is 6.08 Å². The number of amides is 1. The Bertz CT molecular complexity index is 651. The fourth-order valence-electron chi connectivity index (χ4n) is 1.68. The summed E-state index contributed by atoms with van der Waals surface area (Å²) in [5.41, 5.74) is 2.06. The third-order valence-corrected chi connectivity index (χ3v) is 3.28. The first-order valence-electron chi connectivity index (χ1n) is 6.06. The van der Waals surface area contributed by atoms with E-state index in [1.54, 1.807) is 25.1 Å². The molecular weight excluding hydrogens is 293 g/mol. The van der Waals surface area contributed by atoms with Crippen molar-refractivity contribution in [3.63, 3.8) is 0 Å².